The summed E-state index contributed by atoms with van der Waals surface area (Å²) in [5.74, 6) is 0.562. The van der Waals surface area contributed by atoms with Crippen LogP contribution in [-0.4, -0.2) is 21.9 Å². The number of rotatable bonds is 4. The van der Waals surface area contributed by atoms with Crippen molar-refractivity contribution in [3.8, 4) is 0 Å². The lowest BCUT2D eigenvalue weighted by Crippen LogP contribution is -2.39. The van der Waals surface area contributed by atoms with Gasteiger partial charge in [-0.3, -0.25) is 14.8 Å². The molecule has 5 heteroatoms. The molecule has 1 N–H and O–H groups in total. The molecule has 2 aromatic heterocycles. The normalized spacial score (nSPS) is 20.6. The van der Waals surface area contributed by atoms with Gasteiger partial charge in [-0.25, -0.2) is 4.39 Å². The Bertz CT molecular complexity index is 968. The Morgan fingerprint density at radius 1 is 1.14 bits per heavy atom. The van der Waals surface area contributed by atoms with E-state index in [4.69, 9.17) is 0 Å². The minimum absolute atomic E-state index is 0.0710. The predicted octanol–water partition coefficient (Wildman–Crippen LogP) is 4.86. The van der Waals surface area contributed by atoms with Crippen LogP contribution < -0.4 is 5.32 Å². The van der Waals surface area contributed by atoms with Gasteiger partial charge in [0.15, 0.2) is 0 Å². The molecule has 0 radical (unpaired) electrons. The lowest BCUT2D eigenvalue weighted by Gasteiger charge is -2.33. The highest BCUT2D eigenvalue weighted by Crippen LogP contribution is 2.39. The number of hydrogen-bond acceptors (Lipinski definition) is 3. The van der Waals surface area contributed by atoms with Gasteiger partial charge in [0.1, 0.15) is 5.82 Å². The summed E-state index contributed by atoms with van der Waals surface area (Å²) in [4.78, 5) is 20.7. The first-order chi connectivity index (χ1) is 13.6. The maximum atomic E-state index is 13.7. The molecule has 144 valence electrons. The highest BCUT2D eigenvalue weighted by Gasteiger charge is 2.28. The van der Waals surface area contributed by atoms with Crippen LogP contribution in [0.5, 0.6) is 0 Å². The van der Waals surface area contributed by atoms with E-state index in [0.717, 1.165) is 36.6 Å². The first-order valence-electron chi connectivity index (χ1n) is 9.87. The van der Waals surface area contributed by atoms with Gasteiger partial charge in [-0.05, 0) is 86.4 Å². The number of nitrogens with one attached hydrogen (secondary N) is 1. The molecule has 0 aliphatic heterocycles. The molecule has 1 aliphatic rings. The van der Waals surface area contributed by atoms with E-state index in [9.17, 15) is 9.18 Å². The van der Waals surface area contributed by atoms with Crippen LogP contribution in [0.4, 0.5) is 4.39 Å². The number of halogens is 1. The van der Waals surface area contributed by atoms with E-state index in [1.54, 1.807) is 36.7 Å². The summed E-state index contributed by atoms with van der Waals surface area (Å²) in [7, 11) is 0. The zero-order chi connectivity index (χ0) is 19.5. The fraction of sp³-hybridized carbons (Fsp3) is 0.348. The van der Waals surface area contributed by atoms with E-state index in [-0.39, 0.29) is 17.8 Å². The summed E-state index contributed by atoms with van der Waals surface area (Å²) in [6.45, 7) is 2.08. The second-order valence-electron chi connectivity index (χ2n) is 7.68. The minimum Gasteiger partial charge on any atom is -0.349 e. The maximum Gasteiger partial charge on any atom is 0.253 e. The fourth-order valence-corrected chi connectivity index (χ4v) is 4.33. The Balaban J connectivity index is 1.41. The van der Waals surface area contributed by atoms with Crippen LogP contribution in [0.3, 0.4) is 0 Å². The SMILES string of the molecule is C[C@@H](NC(=O)c1cccnc1)[C@H]1CC[C@@H](c2ccnc3ccc(F)cc32)CC1. The molecule has 1 saturated carbocycles. The van der Waals surface area contributed by atoms with Gasteiger partial charge in [0.05, 0.1) is 11.1 Å². The number of aromatic nitrogens is 2. The average molecular weight is 377 g/mol. The Kier molecular flexibility index (Phi) is 5.33. The van der Waals surface area contributed by atoms with Gasteiger partial charge in [0.2, 0.25) is 0 Å². The topological polar surface area (TPSA) is 54.9 Å². The van der Waals surface area contributed by atoms with Crippen molar-refractivity contribution in [2.75, 3.05) is 0 Å². The van der Waals surface area contributed by atoms with Crippen molar-refractivity contribution in [1.82, 2.24) is 15.3 Å². The van der Waals surface area contributed by atoms with Crippen molar-refractivity contribution in [1.29, 1.82) is 0 Å². The van der Waals surface area contributed by atoms with Gasteiger partial charge in [-0.1, -0.05) is 0 Å². The summed E-state index contributed by atoms with van der Waals surface area (Å²) in [6, 6.07) is 10.5. The van der Waals surface area contributed by atoms with E-state index in [1.807, 2.05) is 12.3 Å². The molecule has 0 bridgehead atoms. The molecule has 2 heterocycles. The number of benzene rings is 1. The van der Waals surface area contributed by atoms with Crippen LogP contribution >= 0.6 is 0 Å². The third-order valence-corrected chi connectivity index (χ3v) is 5.94. The van der Waals surface area contributed by atoms with Crippen LogP contribution in [0, 0.1) is 11.7 Å². The standard InChI is InChI=1S/C23H24FN3O/c1-15(27-23(28)18-3-2-11-25-14-18)16-4-6-17(7-5-16)20-10-12-26-22-9-8-19(24)13-21(20)22/h2-3,8-17H,4-7H2,1H3,(H,27,28)/t15-,16-,17+/m1/s1. The van der Waals surface area contributed by atoms with Crippen molar-refractivity contribution in [2.45, 2.75) is 44.6 Å². The van der Waals surface area contributed by atoms with Gasteiger partial charge in [-0.15, -0.1) is 0 Å². The Morgan fingerprint density at radius 2 is 1.96 bits per heavy atom. The number of carbonyl (C=O) groups is 1. The summed E-state index contributed by atoms with van der Waals surface area (Å²) < 4.78 is 13.7. The molecule has 4 nitrogen and oxygen atoms in total. The number of carbonyl (C=O) groups excluding carboxylic acids is 1. The highest BCUT2D eigenvalue weighted by molar-refractivity contribution is 5.94. The molecular weight excluding hydrogens is 353 g/mol. The lowest BCUT2D eigenvalue weighted by atomic mass is 9.75. The molecule has 28 heavy (non-hydrogen) atoms. The van der Waals surface area contributed by atoms with Crippen molar-refractivity contribution < 1.29 is 9.18 Å². The second-order valence-corrected chi connectivity index (χ2v) is 7.68. The van der Waals surface area contributed by atoms with Gasteiger partial charge in [-0.2, -0.15) is 0 Å². The molecule has 4 rings (SSSR count). The van der Waals surface area contributed by atoms with Crippen molar-refractivity contribution >= 4 is 16.8 Å². The zero-order valence-electron chi connectivity index (χ0n) is 15.9. The van der Waals surface area contributed by atoms with Crippen molar-refractivity contribution in [2.24, 2.45) is 5.92 Å². The van der Waals surface area contributed by atoms with Gasteiger partial charge in [0.25, 0.3) is 5.91 Å². The molecule has 3 aromatic rings. The minimum atomic E-state index is -0.220. The summed E-state index contributed by atoms with van der Waals surface area (Å²) >= 11 is 0. The van der Waals surface area contributed by atoms with Gasteiger partial charge in [0, 0.05) is 30.0 Å². The van der Waals surface area contributed by atoms with E-state index < -0.39 is 0 Å². The Hall–Kier alpha value is -2.82. The molecule has 0 unspecified atom stereocenters. The Labute approximate surface area is 164 Å². The molecule has 1 amide bonds. The van der Waals surface area contributed by atoms with Crippen LogP contribution in [0.25, 0.3) is 10.9 Å². The number of hydrogen-bond donors (Lipinski definition) is 1. The second kappa shape index (κ2) is 8.05. The number of nitrogens with zero attached hydrogens (tertiary/aromatic N) is 2. The lowest BCUT2D eigenvalue weighted by molar-refractivity contribution is 0.0917. The first kappa shape index (κ1) is 18.5. The van der Waals surface area contributed by atoms with E-state index >= 15 is 0 Å². The van der Waals surface area contributed by atoms with E-state index in [1.165, 1.54) is 11.6 Å². The largest absolute Gasteiger partial charge is 0.349 e. The third-order valence-electron chi connectivity index (χ3n) is 5.94. The predicted molar refractivity (Wildman–Crippen MR) is 108 cm³/mol. The monoisotopic (exact) mass is 377 g/mol. The summed E-state index contributed by atoms with van der Waals surface area (Å²) in [6.07, 6.45) is 9.22. The maximum absolute atomic E-state index is 13.7. The first-order valence-corrected chi connectivity index (χ1v) is 9.87. The number of pyridine rings is 2. The van der Waals surface area contributed by atoms with Gasteiger partial charge >= 0.3 is 0 Å². The zero-order valence-corrected chi connectivity index (χ0v) is 15.9. The molecular formula is C23H24FN3O. The van der Waals surface area contributed by atoms with E-state index in [2.05, 4.69) is 22.2 Å². The summed E-state index contributed by atoms with van der Waals surface area (Å²) in [5.41, 5.74) is 2.63. The Morgan fingerprint density at radius 3 is 2.71 bits per heavy atom. The third kappa shape index (κ3) is 3.88. The van der Waals surface area contributed by atoms with E-state index in [0.29, 0.717) is 17.4 Å². The smallest absolute Gasteiger partial charge is 0.253 e. The van der Waals surface area contributed by atoms with Crippen LogP contribution in [-0.2, 0) is 0 Å². The van der Waals surface area contributed by atoms with Crippen LogP contribution in [0.15, 0.2) is 55.0 Å². The fourth-order valence-electron chi connectivity index (χ4n) is 4.33. The number of amides is 1. The van der Waals surface area contributed by atoms with Crippen LogP contribution in [0.1, 0.15) is 54.4 Å². The molecule has 1 aliphatic carbocycles. The van der Waals surface area contributed by atoms with Gasteiger partial charge < -0.3 is 5.32 Å². The molecule has 1 fully saturated rings. The highest BCUT2D eigenvalue weighted by atomic mass is 19.1. The average Bonchev–Trinajstić information content (AvgIpc) is 2.74. The van der Waals surface area contributed by atoms with Crippen LogP contribution in [0.2, 0.25) is 0 Å². The quantitative estimate of drug-likeness (QED) is 0.706. The molecule has 0 saturated heterocycles. The molecule has 0 spiro atoms. The molecule has 1 atom stereocenters. The molecule has 1 aromatic carbocycles. The van der Waals surface area contributed by atoms with Crippen molar-refractivity contribution in [3.05, 3.63) is 71.9 Å². The summed E-state index contributed by atoms with van der Waals surface area (Å²) in [5, 5.41) is 4.04. The number of fused-ring (bicyclic) bond motifs is 1. The van der Waals surface area contributed by atoms with Crippen molar-refractivity contribution in [3.63, 3.8) is 0 Å².